The Balaban J connectivity index is 1.89. The number of amides is 1. The second-order valence-corrected chi connectivity index (χ2v) is 7.31. The summed E-state index contributed by atoms with van der Waals surface area (Å²) in [5.74, 6) is 0.618. The summed E-state index contributed by atoms with van der Waals surface area (Å²) in [4.78, 5) is 12.0. The van der Waals surface area contributed by atoms with E-state index in [2.05, 4.69) is 40.1 Å². The van der Waals surface area contributed by atoms with Gasteiger partial charge in [0.25, 0.3) is 5.91 Å². The largest absolute Gasteiger partial charge is 0.349 e. The minimum atomic E-state index is 0.0576. The van der Waals surface area contributed by atoms with E-state index in [0.717, 1.165) is 21.5 Å². The fraction of sp³-hybridized carbons (Fsp3) is 0.583. The van der Waals surface area contributed by atoms with E-state index in [0.29, 0.717) is 5.92 Å². The first-order valence-electron chi connectivity index (χ1n) is 5.92. The summed E-state index contributed by atoms with van der Waals surface area (Å²) in [7, 11) is 0. The normalized spacial score (nSPS) is 22.1. The highest BCUT2D eigenvalue weighted by Crippen LogP contribution is 2.18. The Hall–Kier alpha value is -0.140. The summed E-state index contributed by atoms with van der Waals surface area (Å²) in [5.41, 5.74) is 0.787. The van der Waals surface area contributed by atoms with Gasteiger partial charge in [-0.2, -0.15) is 0 Å². The van der Waals surface area contributed by atoms with Gasteiger partial charge in [0.05, 0.1) is 8.45 Å². The molecule has 1 fully saturated rings. The number of nitrogens with one attached hydrogen (secondary N) is 2. The van der Waals surface area contributed by atoms with Crippen LogP contribution in [0.4, 0.5) is 0 Å². The summed E-state index contributed by atoms with van der Waals surface area (Å²) in [6, 6.07) is 2.18. The molecule has 0 bridgehead atoms. The summed E-state index contributed by atoms with van der Waals surface area (Å²) in [5, 5.41) is 8.41. The lowest BCUT2D eigenvalue weighted by Gasteiger charge is -2.28. The van der Waals surface area contributed by atoms with E-state index in [1.54, 1.807) is 11.3 Å². The van der Waals surface area contributed by atoms with Gasteiger partial charge in [-0.15, -0.1) is 11.3 Å². The third kappa shape index (κ3) is 3.66. The molecular formula is C12H17IN2OS. The standard InChI is InChI=1S/C12H17IN2OS/c1-8(9-3-2-4-14-6-9)15-12(16)10-5-11(13)17-7-10/h5,7-9,14H,2-4,6H2,1H3,(H,15,16). The molecule has 0 radical (unpaired) electrons. The Morgan fingerprint density at radius 2 is 2.53 bits per heavy atom. The molecular weight excluding hydrogens is 347 g/mol. The van der Waals surface area contributed by atoms with Gasteiger partial charge in [-0.3, -0.25) is 4.79 Å². The topological polar surface area (TPSA) is 41.1 Å². The number of halogens is 1. The quantitative estimate of drug-likeness (QED) is 0.810. The van der Waals surface area contributed by atoms with Crippen LogP contribution in [0.1, 0.15) is 30.1 Å². The van der Waals surface area contributed by atoms with Crippen LogP contribution in [0.15, 0.2) is 11.4 Å². The predicted molar refractivity (Wildman–Crippen MR) is 79.6 cm³/mol. The van der Waals surface area contributed by atoms with E-state index in [4.69, 9.17) is 0 Å². The van der Waals surface area contributed by atoms with Gasteiger partial charge in [0.1, 0.15) is 0 Å². The van der Waals surface area contributed by atoms with Crippen molar-refractivity contribution in [2.45, 2.75) is 25.8 Å². The third-order valence-electron chi connectivity index (χ3n) is 3.23. The highest BCUT2D eigenvalue weighted by molar-refractivity contribution is 14.1. The van der Waals surface area contributed by atoms with Gasteiger partial charge < -0.3 is 10.6 Å². The Morgan fingerprint density at radius 1 is 1.71 bits per heavy atom. The molecule has 2 N–H and O–H groups in total. The summed E-state index contributed by atoms with van der Waals surface area (Å²) in [6.07, 6.45) is 2.41. The van der Waals surface area contributed by atoms with Crippen molar-refractivity contribution in [3.63, 3.8) is 0 Å². The smallest absolute Gasteiger partial charge is 0.252 e. The lowest BCUT2D eigenvalue weighted by atomic mass is 9.93. The molecule has 2 rings (SSSR count). The predicted octanol–water partition coefficient (Wildman–Crippen LogP) is 2.47. The van der Waals surface area contributed by atoms with Gasteiger partial charge in [0.2, 0.25) is 0 Å². The molecule has 5 heteroatoms. The molecule has 0 aromatic carbocycles. The molecule has 1 aliphatic rings. The first kappa shape index (κ1) is 13.3. The average molecular weight is 364 g/mol. The van der Waals surface area contributed by atoms with Crippen LogP contribution in [0.2, 0.25) is 0 Å². The van der Waals surface area contributed by atoms with Gasteiger partial charge in [-0.1, -0.05) is 0 Å². The highest BCUT2D eigenvalue weighted by atomic mass is 127. The maximum absolute atomic E-state index is 12.0. The first-order chi connectivity index (χ1) is 8.16. The van der Waals surface area contributed by atoms with E-state index < -0.39 is 0 Å². The van der Waals surface area contributed by atoms with Crippen molar-refractivity contribution < 1.29 is 4.79 Å². The van der Waals surface area contributed by atoms with Gasteiger partial charge >= 0.3 is 0 Å². The molecule has 1 amide bonds. The Labute approximate surface area is 120 Å². The number of rotatable bonds is 3. The van der Waals surface area contributed by atoms with Crippen LogP contribution in [0.25, 0.3) is 0 Å². The summed E-state index contributed by atoms with van der Waals surface area (Å²) >= 11 is 3.85. The van der Waals surface area contributed by atoms with Crippen molar-refractivity contribution in [1.82, 2.24) is 10.6 Å². The Kier molecular flexibility index (Phi) is 4.81. The van der Waals surface area contributed by atoms with Crippen LogP contribution >= 0.6 is 33.9 Å². The first-order valence-corrected chi connectivity index (χ1v) is 7.88. The minimum Gasteiger partial charge on any atom is -0.349 e. The number of hydrogen-bond donors (Lipinski definition) is 2. The second kappa shape index (κ2) is 6.15. The molecule has 1 aliphatic heterocycles. The molecule has 1 saturated heterocycles. The Morgan fingerprint density at radius 3 is 3.12 bits per heavy atom. The number of hydrogen-bond acceptors (Lipinski definition) is 3. The maximum atomic E-state index is 12.0. The number of thiophene rings is 1. The molecule has 17 heavy (non-hydrogen) atoms. The molecule has 3 nitrogen and oxygen atoms in total. The minimum absolute atomic E-state index is 0.0576. The number of carbonyl (C=O) groups is 1. The van der Waals surface area contributed by atoms with Crippen molar-refractivity contribution in [3.8, 4) is 0 Å². The lowest BCUT2D eigenvalue weighted by molar-refractivity contribution is 0.0922. The van der Waals surface area contributed by atoms with Crippen molar-refractivity contribution in [2.24, 2.45) is 5.92 Å². The summed E-state index contributed by atoms with van der Waals surface area (Å²) in [6.45, 7) is 4.23. The summed E-state index contributed by atoms with van der Waals surface area (Å²) < 4.78 is 1.15. The van der Waals surface area contributed by atoms with Crippen molar-refractivity contribution in [1.29, 1.82) is 0 Å². The van der Waals surface area contributed by atoms with Crippen LogP contribution in [-0.4, -0.2) is 25.0 Å². The van der Waals surface area contributed by atoms with Crippen LogP contribution in [0.5, 0.6) is 0 Å². The van der Waals surface area contributed by atoms with Crippen molar-refractivity contribution >= 4 is 39.8 Å². The van der Waals surface area contributed by atoms with E-state index in [1.165, 1.54) is 12.8 Å². The number of piperidine rings is 1. The fourth-order valence-corrected chi connectivity index (χ4v) is 3.47. The van der Waals surface area contributed by atoms with E-state index in [-0.39, 0.29) is 11.9 Å². The molecule has 2 heterocycles. The Bertz CT molecular complexity index is 388. The van der Waals surface area contributed by atoms with Crippen LogP contribution < -0.4 is 10.6 Å². The van der Waals surface area contributed by atoms with E-state index in [9.17, 15) is 4.79 Å². The van der Waals surface area contributed by atoms with Crippen molar-refractivity contribution in [2.75, 3.05) is 13.1 Å². The van der Waals surface area contributed by atoms with Gasteiger partial charge in [0.15, 0.2) is 0 Å². The molecule has 94 valence electrons. The van der Waals surface area contributed by atoms with E-state index in [1.807, 2.05) is 11.4 Å². The molecule has 0 spiro atoms. The van der Waals surface area contributed by atoms with Crippen LogP contribution in [0, 0.1) is 8.80 Å². The maximum Gasteiger partial charge on any atom is 0.252 e. The second-order valence-electron chi connectivity index (χ2n) is 4.51. The highest BCUT2D eigenvalue weighted by Gasteiger charge is 2.21. The third-order valence-corrected chi connectivity index (χ3v) is 5.02. The molecule has 2 unspecified atom stereocenters. The lowest BCUT2D eigenvalue weighted by Crippen LogP contribution is -2.44. The molecule has 0 aliphatic carbocycles. The molecule has 1 aromatic heterocycles. The van der Waals surface area contributed by atoms with E-state index >= 15 is 0 Å². The average Bonchev–Trinajstić information content (AvgIpc) is 2.77. The van der Waals surface area contributed by atoms with Crippen LogP contribution in [-0.2, 0) is 0 Å². The molecule has 2 atom stereocenters. The SMILES string of the molecule is CC(NC(=O)c1csc(I)c1)C1CCCNC1. The monoisotopic (exact) mass is 364 g/mol. The molecule has 1 aromatic rings. The van der Waals surface area contributed by atoms with Gasteiger partial charge in [-0.25, -0.2) is 0 Å². The van der Waals surface area contributed by atoms with Gasteiger partial charge in [-0.05, 0) is 67.4 Å². The molecule has 0 saturated carbocycles. The van der Waals surface area contributed by atoms with Crippen molar-refractivity contribution in [3.05, 3.63) is 19.9 Å². The zero-order chi connectivity index (χ0) is 12.3. The zero-order valence-electron chi connectivity index (χ0n) is 9.83. The fourth-order valence-electron chi connectivity index (χ4n) is 2.14. The van der Waals surface area contributed by atoms with Crippen LogP contribution in [0.3, 0.4) is 0 Å². The zero-order valence-corrected chi connectivity index (χ0v) is 12.8. The number of carbonyl (C=O) groups excluding carboxylic acids is 1. The van der Waals surface area contributed by atoms with Gasteiger partial charge in [0, 0.05) is 11.4 Å².